The van der Waals surface area contributed by atoms with Crippen LogP contribution in [0.5, 0.6) is 0 Å². The summed E-state index contributed by atoms with van der Waals surface area (Å²) in [5.74, 6) is -1.45. The molecule has 4 N–H and O–H groups in total. The summed E-state index contributed by atoms with van der Waals surface area (Å²) in [5, 5.41) is 23.5. The molecule has 0 aromatic heterocycles. The van der Waals surface area contributed by atoms with Gasteiger partial charge in [0.15, 0.2) is 0 Å². The lowest BCUT2D eigenvalue weighted by Gasteiger charge is -2.24. The van der Waals surface area contributed by atoms with E-state index in [9.17, 15) is 28.0 Å². The van der Waals surface area contributed by atoms with Gasteiger partial charge in [0.2, 0.25) is 5.91 Å². The highest BCUT2D eigenvalue weighted by Gasteiger charge is 2.28. The Hall–Kier alpha value is -0.960. The fraction of sp³-hybridized carbons (Fsp3) is 0.929. The molecule has 0 aliphatic carbocycles. The minimum absolute atomic E-state index is 0.293. The zero-order valence-electron chi connectivity index (χ0n) is 32.9. The summed E-state index contributed by atoms with van der Waals surface area (Å²) in [6, 6.07) is -1.14. The van der Waals surface area contributed by atoms with Crippen LogP contribution in [-0.2, 0) is 14.9 Å². The summed E-state index contributed by atoms with van der Waals surface area (Å²) in [7, 11) is -4.41. The highest BCUT2D eigenvalue weighted by atomic mass is 32.2. The monoisotopic (exact) mass is 730 g/mol. The fourth-order valence-corrected chi connectivity index (χ4v) is 7.51. The van der Waals surface area contributed by atoms with Gasteiger partial charge in [-0.15, -0.1) is 0 Å². The van der Waals surface area contributed by atoms with Gasteiger partial charge in [-0.25, -0.2) is 0 Å². The van der Waals surface area contributed by atoms with Crippen molar-refractivity contribution in [3.8, 4) is 0 Å². The van der Waals surface area contributed by atoms with Crippen LogP contribution in [-0.4, -0.2) is 53.1 Å². The van der Waals surface area contributed by atoms with Crippen LogP contribution < -0.4 is 5.32 Å². The standard InChI is InChI=1S/C42H83NO6S/c1-3-5-7-9-11-13-15-17-18-19-20-21-22-23-25-27-29-31-33-35-37-41(45)42(46)43-39(38-50(47,48)49)40(44)36-34-32-30-28-26-24-16-14-12-10-8-6-4-2/h21-22,39-41,44-45H,3-20,23-38H2,1-2H3,(H,43,46)(H,47,48,49)/b22-21-. The molecule has 298 valence electrons. The molecule has 0 saturated carbocycles. The van der Waals surface area contributed by atoms with E-state index in [4.69, 9.17) is 0 Å². The molecule has 7 nitrogen and oxygen atoms in total. The second-order valence-corrected chi connectivity index (χ2v) is 16.6. The first-order valence-electron chi connectivity index (χ1n) is 21.5. The molecule has 0 aromatic rings. The first kappa shape index (κ1) is 49.0. The molecule has 0 saturated heterocycles. The average molecular weight is 730 g/mol. The van der Waals surface area contributed by atoms with E-state index >= 15 is 0 Å². The Balaban J connectivity index is 3.93. The fourth-order valence-electron chi connectivity index (χ4n) is 6.75. The molecule has 0 fully saturated rings. The van der Waals surface area contributed by atoms with Crippen LogP contribution in [0.25, 0.3) is 0 Å². The van der Waals surface area contributed by atoms with Crippen LogP contribution in [0.15, 0.2) is 12.2 Å². The van der Waals surface area contributed by atoms with E-state index in [-0.39, 0.29) is 0 Å². The second-order valence-electron chi connectivity index (χ2n) is 15.1. The van der Waals surface area contributed by atoms with Crippen molar-refractivity contribution < 1.29 is 28.0 Å². The summed E-state index contributed by atoms with van der Waals surface area (Å²) >= 11 is 0. The number of carbonyl (C=O) groups excluding carboxylic acids is 1. The van der Waals surface area contributed by atoms with Gasteiger partial charge in [0.05, 0.1) is 17.9 Å². The molecule has 0 heterocycles. The largest absolute Gasteiger partial charge is 0.391 e. The topological polar surface area (TPSA) is 124 Å². The van der Waals surface area contributed by atoms with Crippen LogP contribution in [0.4, 0.5) is 0 Å². The molecule has 0 spiro atoms. The predicted octanol–water partition coefficient (Wildman–Crippen LogP) is 11.6. The zero-order chi connectivity index (χ0) is 37.0. The molecule has 3 unspecified atom stereocenters. The van der Waals surface area contributed by atoms with Gasteiger partial charge in [-0.1, -0.05) is 199 Å². The van der Waals surface area contributed by atoms with Crippen molar-refractivity contribution in [3.63, 3.8) is 0 Å². The lowest BCUT2D eigenvalue weighted by atomic mass is 10.0. The third-order valence-electron chi connectivity index (χ3n) is 10.1. The molecule has 0 bridgehead atoms. The molecule has 8 heteroatoms. The Morgan fingerprint density at radius 2 is 0.840 bits per heavy atom. The number of unbranched alkanes of at least 4 members (excludes halogenated alkanes) is 28. The van der Waals surface area contributed by atoms with Crippen molar-refractivity contribution in [1.82, 2.24) is 5.32 Å². The maximum Gasteiger partial charge on any atom is 0.266 e. The highest BCUT2D eigenvalue weighted by Crippen LogP contribution is 2.16. The molecule has 0 aromatic carbocycles. The Bertz CT molecular complexity index is 864. The van der Waals surface area contributed by atoms with Gasteiger partial charge in [-0.3, -0.25) is 9.35 Å². The molecule has 0 rings (SSSR count). The van der Waals surface area contributed by atoms with Crippen LogP contribution in [0.3, 0.4) is 0 Å². The van der Waals surface area contributed by atoms with Crippen LogP contribution in [0.2, 0.25) is 0 Å². The minimum Gasteiger partial charge on any atom is -0.391 e. The Kier molecular flexibility index (Phi) is 35.7. The van der Waals surface area contributed by atoms with Gasteiger partial charge in [0, 0.05) is 0 Å². The maximum atomic E-state index is 12.6. The van der Waals surface area contributed by atoms with Crippen molar-refractivity contribution in [1.29, 1.82) is 0 Å². The number of rotatable bonds is 39. The lowest BCUT2D eigenvalue weighted by molar-refractivity contribution is -0.131. The predicted molar refractivity (Wildman–Crippen MR) is 213 cm³/mol. The smallest absolute Gasteiger partial charge is 0.266 e. The number of amides is 1. The second kappa shape index (κ2) is 36.4. The third kappa shape index (κ3) is 35.4. The zero-order valence-corrected chi connectivity index (χ0v) is 33.7. The molecular weight excluding hydrogens is 647 g/mol. The summed E-state index contributed by atoms with van der Waals surface area (Å²) in [4.78, 5) is 12.6. The van der Waals surface area contributed by atoms with Gasteiger partial charge in [0.25, 0.3) is 10.1 Å². The molecular formula is C42H83NO6S. The van der Waals surface area contributed by atoms with Crippen molar-refractivity contribution >= 4 is 16.0 Å². The number of allylic oxidation sites excluding steroid dienone is 2. The van der Waals surface area contributed by atoms with E-state index in [0.29, 0.717) is 25.7 Å². The van der Waals surface area contributed by atoms with Gasteiger partial charge < -0.3 is 15.5 Å². The molecule has 0 aliphatic rings. The number of carbonyl (C=O) groups is 1. The van der Waals surface area contributed by atoms with Crippen LogP contribution >= 0.6 is 0 Å². The van der Waals surface area contributed by atoms with Crippen molar-refractivity contribution in [2.24, 2.45) is 0 Å². The molecule has 1 amide bonds. The number of hydrogen-bond donors (Lipinski definition) is 4. The normalized spacial score (nSPS) is 13.9. The van der Waals surface area contributed by atoms with Gasteiger partial charge >= 0.3 is 0 Å². The van der Waals surface area contributed by atoms with E-state index < -0.39 is 40.0 Å². The Labute approximate surface area is 310 Å². The molecule has 3 atom stereocenters. The lowest BCUT2D eigenvalue weighted by Crippen LogP contribution is -2.50. The first-order valence-corrected chi connectivity index (χ1v) is 23.1. The number of aliphatic hydroxyl groups excluding tert-OH is 2. The third-order valence-corrected chi connectivity index (χ3v) is 10.9. The molecule has 0 radical (unpaired) electrons. The highest BCUT2D eigenvalue weighted by molar-refractivity contribution is 7.85. The van der Waals surface area contributed by atoms with Crippen molar-refractivity contribution in [2.75, 3.05) is 5.75 Å². The average Bonchev–Trinajstić information content (AvgIpc) is 3.08. The summed E-state index contributed by atoms with van der Waals surface area (Å²) in [6.07, 6.45) is 40.9. The number of hydrogen-bond acceptors (Lipinski definition) is 5. The van der Waals surface area contributed by atoms with Crippen molar-refractivity contribution in [3.05, 3.63) is 12.2 Å². The van der Waals surface area contributed by atoms with E-state index in [1.165, 1.54) is 141 Å². The van der Waals surface area contributed by atoms with Gasteiger partial charge in [0.1, 0.15) is 6.10 Å². The number of nitrogens with one attached hydrogen (secondary N) is 1. The Morgan fingerprint density at radius 3 is 1.20 bits per heavy atom. The SMILES string of the molecule is CCCCCCCCCCCC/C=C\CCCCCCCCC(O)C(=O)NC(CS(=O)(=O)O)C(O)CCCCCCCCCCCCCCC. The molecule has 50 heavy (non-hydrogen) atoms. The van der Waals surface area contributed by atoms with E-state index in [1.54, 1.807) is 0 Å². The summed E-state index contributed by atoms with van der Waals surface area (Å²) < 4.78 is 32.6. The summed E-state index contributed by atoms with van der Waals surface area (Å²) in [6.45, 7) is 4.51. The van der Waals surface area contributed by atoms with E-state index in [0.717, 1.165) is 44.9 Å². The minimum atomic E-state index is -4.41. The van der Waals surface area contributed by atoms with Gasteiger partial charge in [-0.05, 0) is 38.5 Å². The van der Waals surface area contributed by atoms with Crippen LogP contribution in [0, 0.1) is 0 Å². The quantitative estimate of drug-likeness (QED) is 0.0284. The summed E-state index contributed by atoms with van der Waals surface area (Å²) in [5.41, 5.74) is 0. The van der Waals surface area contributed by atoms with Crippen molar-refractivity contribution in [2.45, 2.75) is 244 Å². The van der Waals surface area contributed by atoms with E-state index in [2.05, 4.69) is 31.3 Å². The van der Waals surface area contributed by atoms with Gasteiger partial charge in [-0.2, -0.15) is 8.42 Å². The van der Waals surface area contributed by atoms with E-state index in [1.807, 2.05) is 0 Å². The first-order chi connectivity index (χ1) is 24.2. The molecule has 0 aliphatic heterocycles. The van der Waals surface area contributed by atoms with Crippen LogP contribution in [0.1, 0.15) is 226 Å². The maximum absolute atomic E-state index is 12.6. The number of aliphatic hydroxyl groups is 2. The Morgan fingerprint density at radius 1 is 0.520 bits per heavy atom.